The Hall–Kier alpha value is -0.720. The molecule has 2 heterocycles. The molecule has 2 rings (SSSR count). The van der Waals surface area contributed by atoms with Gasteiger partial charge in [0.1, 0.15) is 11.6 Å². The fourth-order valence-corrected chi connectivity index (χ4v) is 3.19. The third-order valence-corrected chi connectivity index (χ3v) is 4.54. The second kappa shape index (κ2) is 5.58. The topological polar surface area (TPSA) is 58.3 Å². The van der Waals surface area contributed by atoms with Crippen LogP contribution >= 0.6 is 15.9 Å². The Morgan fingerprint density at radius 2 is 1.85 bits per heavy atom. The summed E-state index contributed by atoms with van der Waals surface area (Å²) in [6, 6.07) is 0.199. The van der Waals surface area contributed by atoms with Crippen molar-refractivity contribution < 1.29 is 0 Å². The number of aromatic nitrogens is 2. The van der Waals surface area contributed by atoms with Crippen molar-refractivity contribution in [2.24, 2.45) is 0 Å². The second-order valence-electron chi connectivity index (χ2n) is 6.64. The molecule has 1 aliphatic heterocycles. The zero-order chi connectivity index (χ0) is 15.1. The normalized spacial score (nSPS) is 22.2. The first-order valence-corrected chi connectivity index (χ1v) is 7.71. The van der Waals surface area contributed by atoms with E-state index >= 15 is 0 Å². The standard InChI is InChI=1S/C14H24BrN5/c1-14(2,3)11-10(15)12(16)18-13(17-11)9-8-19(4)6-7-20(9)5/h9H,6-8H2,1-5H3,(H2,16,17,18). The summed E-state index contributed by atoms with van der Waals surface area (Å²) in [7, 11) is 4.25. The first kappa shape index (κ1) is 15.7. The summed E-state index contributed by atoms with van der Waals surface area (Å²) in [4.78, 5) is 13.9. The molecule has 20 heavy (non-hydrogen) atoms. The molecule has 1 aliphatic rings. The van der Waals surface area contributed by atoms with E-state index in [2.05, 4.69) is 65.6 Å². The lowest BCUT2D eigenvalue weighted by Crippen LogP contribution is -2.45. The van der Waals surface area contributed by atoms with Gasteiger partial charge < -0.3 is 10.6 Å². The van der Waals surface area contributed by atoms with Crippen molar-refractivity contribution in [3.8, 4) is 0 Å². The maximum absolute atomic E-state index is 6.07. The zero-order valence-electron chi connectivity index (χ0n) is 12.9. The lowest BCUT2D eigenvalue weighted by Gasteiger charge is -2.37. The molecular weight excluding hydrogens is 318 g/mol. The van der Waals surface area contributed by atoms with Gasteiger partial charge in [0.05, 0.1) is 16.2 Å². The van der Waals surface area contributed by atoms with Crippen LogP contribution in [0.3, 0.4) is 0 Å². The van der Waals surface area contributed by atoms with E-state index in [0.717, 1.165) is 35.6 Å². The van der Waals surface area contributed by atoms with Crippen molar-refractivity contribution in [1.82, 2.24) is 19.8 Å². The van der Waals surface area contributed by atoms with E-state index in [0.29, 0.717) is 5.82 Å². The van der Waals surface area contributed by atoms with Gasteiger partial charge in [0, 0.05) is 25.0 Å². The Labute approximate surface area is 129 Å². The van der Waals surface area contributed by atoms with E-state index in [1.165, 1.54) is 0 Å². The molecular formula is C14H24BrN5. The number of hydrogen-bond donors (Lipinski definition) is 1. The minimum Gasteiger partial charge on any atom is -0.383 e. The molecule has 112 valence electrons. The van der Waals surface area contributed by atoms with E-state index in [-0.39, 0.29) is 11.5 Å². The number of anilines is 1. The van der Waals surface area contributed by atoms with Gasteiger partial charge >= 0.3 is 0 Å². The summed E-state index contributed by atoms with van der Waals surface area (Å²) >= 11 is 3.53. The zero-order valence-corrected chi connectivity index (χ0v) is 14.5. The van der Waals surface area contributed by atoms with Crippen LogP contribution in [0.15, 0.2) is 4.47 Å². The highest BCUT2D eigenvalue weighted by molar-refractivity contribution is 9.10. The highest BCUT2D eigenvalue weighted by Gasteiger charge is 2.29. The van der Waals surface area contributed by atoms with Crippen LogP contribution in [0.25, 0.3) is 0 Å². The van der Waals surface area contributed by atoms with Crippen LogP contribution in [0.5, 0.6) is 0 Å². The molecule has 1 aromatic rings. The molecule has 0 saturated carbocycles. The molecule has 1 aromatic heterocycles. The van der Waals surface area contributed by atoms with Gasteiger partial charge in [-0.25, -0.2) is 9.97 Å². The lowest BCUT2D eigenvalue weighted by molar-refractivity contribution is 0.109. The van der Waals surface area contributed by atoms with Crippen molar-refractivity contribution in [3.05, 3.63) is 16.0 Å². The van der Waals surface area contributed by atoms with Crippen LogP contribution in [0.2, 0.25) is 0 Å². The van der Waals surface area contributed by atoms with Crippen molar-refractivity contribution >= 4 is 21.7 Å². The third-order valence-electron chi connectivity index (χ3n) is 3.75. The smallest absolute Gasteiger partial charge is 0.149 e. The van der Waals surface area contributed by atoms with Crippen molar-refractivity contribution in [1.29, 1.82) is 0 Å². The first-order chi connectivity index (χ1) is 9.20. The van der Waals surface area contributed by atoms with Gasteiger partial charge in [-0.15, -0.1) is 0 Å². The number of nitrogens with zero attached hydrogens (tertiary/aromatic N) is 4. The molecule has 0 aromatic carbocycles. The van der Waals surface area contributed by atoms with Gasteiger partial charge in [-0.1, -0.05) is 20.8 Å². The fourth-order valence-electron chi connectivity index (χ4n) is 2.42. The second-order valence-corrected chi connectivity index (χ2v) is 7.43. The maximum Gasteiger partial charge on any atom is 0.149 e. The average Bonchev–Trinajstić information content (AvgIpc) is 2.34. The molecule has 2 N–H and O–H groups in total. The quantitative estimate of drug-likeness (QED) is 0.846. The van der Waals surface area contributed by atoms with Crippen LogP contribution < -0.4 is 5.73 Å². The summed E-state index contributed by atoms with van der Waals surface area (Å²) < 4.78 is 0.820. The third kappa shape index (κ3) is 3.13. The van der Waals surface area contributed by atoms with E-state index < -0.39 is 0 Å². The molecule has 0 radical (unpaired) electrons. The molecule has 0 amide bonds. The van der Waals surface area contributed by atoms with E-state index in [4.69, 9.17) is 10.7 Å². The molecule has 6 heteroatoms. The fraction of sp³-hybridized carbons (Fsp3) is 0.714. The highest BCUT2D eigenvalue weighted by Crippen LogP contribution is 2.33. The Morgan fingerprint density at radius 3 is 2.45 bits per heavy atom. The van der Waals surface area contributed by atoms with Gasteiger partial charge in [-0.2, -0.15) is 0 Å². The molecule has 5 nitrogen and oxygen atoms in total. The van der Waals surface area contributed by atoms with Gasteiger partial charge in [0.25, 0.3) is 0 Å². The Bertz CT molecular complexity index is 497. The summed E-state index contributed by atoms with van der Waals surface area (Å²) in [5, 5.41) is 0. The predicted molar refractivity (Wildman–Crippen MR) is 85.7 cm³/mol. The van der Waals surface area contributed by atoms with Gasteiger partial charge in [0.2, 0.25) is 0 Å². The molecule has 1 saturated heterocycles. The summed E-state index contributed by atoms with van der Waals surface area (Å²) in [5.41, 5.74) is 6.98. The van der Waals surface area contributed by atoms with Crippen LogP contribution in [0, 0.1) is 0 Å². The molecule has 1 unspecified atom stereocenters. The van der Waals surface area contributed by atoms with E-state index in [1.807, 2.05) is 0 Å². The van der Waals surface area contributed by atoms with E-state index in [9.17, 15) is 0 Å². The number of hydrogen-bond acceptors (Lipinski definition) is 5. The molecule has 0 bridgehead atoms. The minimum atomic E-state index is -0.0657. The predicted octanol–water partition coefficient (Wildman–Crippen LogP) is 2.04. The van der Waals surface area contributed by atoms with Crippen LogP contribution in [-0.2, 0) is 5.41 Å². The number of nitrogen functional groups attached to an aromatic ring is 1. The van der Waals surface area contributed by atoms with Crippen molar-refractivity contribution in [2.75, 3.05) is 39.5 Å². The Balaban J connectivity index is 2.44. The van der Waals surface area contributed by atoms with Crippen molar-refractivity contribution in [3.63, 3.8) is 0 Å². The largest absolute Gasteiger partial charge is 0.383 e. The summed E-state index contributed by atoms with van der Waals surface area (Å²) in [6.07, 6.45) is 0. The SMILES string of the molecule is CN1CCN(C)C(c2nc(N)c(Br)c(C(C)(C)C)n2)C1. The maximum atomic E-state index is 6.07. The van der Waals surface area contributed by atoms with Gasteiger partial charge in [-0.05, 0) is 30.0 Å². The summed E-state index contributed by atoms with van der Waals surface area (Å²) in [5.74, 6) is 1.35. The lowest BCUT2D eigenvalue weighted by atomic mass is 9.91. The number of piperazine rings is 1. The minimum absolute atomic E-state index is 0.0657. The summed E-state index contributed by atoms with van der Waals surface area (Å²) in [6.45, 7) is 9.44. The molecule has 1 atom stereocenters. The van der Waals surface area contributed by atoms with Gasteiger partial charge in [-0.3, -0.25) is 4.90 Å². The Kier molecular flexibility index (Phi) is 4.37. The van der Waals surface area contributed by atoms with Crippen LogP contribution in [0.4, 0.5) is 5.82 Å². The molecule has 0 spiro atoms. The first-order valence-electron chi connectivity index (χ1n) is 6.92. The van der Waals surface area contributed by atoms with Crippen LogP contribution in [0.1, 0.15) is 38.3 Å². The molecule has 0 aliphatic carbocycles. The van der Waals surface area contributed by atoms with E-state index in [1.54, 1.807) is 0 Å². The number of halogens is 1. The Morgan fingerprint density at radius 1 is 1.20 bits per heavy atom. The monoisotopic (exact) mass is 341 g/mol. The number of nitrogens with two attached hydrogens (primary N) is 1. The van der Waals surface area contributed by atoms with Crippen LogP contribution in [-0.4, -0.2) is 53.5 Å². The van der Waals surface area contributed by atoms with Crippen molar-refractivity contribution in [2.45, 2.75) is 32.2 Å². The molecule has 1 fully saturated rings. The highest BCUT2D eigenvalue weighted by atomic mass is 79.9. The van der Waals surface area contributed by atoms with Gasteiger partial charge in [0.15, 0.2) is 0 Å². The number of rotatable bonds is 1. The number of likely N-dealkylation sites (N-methyl/N-ethyl adjacent to an activating group) is 2. The average molecular weight is 342 g/mol.